The van der Waals surface area contributed by atoms with E-state index in [-0.39, 0.29) is 18.1 Å². The molecule has 0 aliphatic heterocycles. The molecule has 2 rings (SSSR count). The van der Waals surface area contributed by atoms with E-state index in [1.165, 1.54) is 6.42 Å². The average molecular weight is 298 g/mol. The number of ether oxygens (including phenoxy) is 1. The van der Waals surface area contributed by atoms with Gasteiger partial charge in [-0.1, -0.05) is 34.1 Å². The largest absolute Gasteiger partial charge is 0.484 e. The molecule has 17 heavy (non-hydrogen) atoms. The number of hydrogen-bond acceptors (Lipinski definition) is 2. The van der Waals surface area contributed by atoms with E-state index in [1.54, 1.807) is 0 Å². The Bertz CT molecular complexity index is 371. The van der Waals surface area contributed by atoms with Gasteiger partial charge in [-0.2, -0.15) is 0 Å². The molecule has 1 amide bonds. The van der Waals surface area contributed by atoms with Gasteiger partial charge in [-0.15, -0.1) is 0 Å². The fraction of sp³-hybridized carbons (Fsp3) is 0.462. The van der Waals surface area contributed by atoms with Crippen molar-refractivity contribution < 1.29 is 9.53 Å². The maximum Gasteiger partial charge on any atom is 0.258 e. The molecule has 0 heterocycles. The van der Waals surface area contributed by atoms with Crippen LogP contribution in [0.2, 0.25) is 0 Å². The van der Waals surface area contributed by atoms with Crippen LogP contribution in [0.1, 0.15) is 19.3 Å². The van der Waals surface area contributed by atoms with Gasteiger partial charge in [0.2, 0.25) is 0 Å². The Morgan fingerprint density at radius 1 is 1.35 bits per heavy atom. The van der Waals surface area contributed by atoms with Gasteiger partial charge in [0.1, 0.15) is 5.75 Å². The van der Waals surface area contributed by atoms with Gasteiger partial charge >= 0.3 is 0 Å². The first-order valence-corrected chi connectivity index (χ1v) is 6.91. The second-order valence-corrected chi connectivity index (χ2v) is 4.98. The molecule has 0 atom stereocenters. The molecule has 1 aliphatic carbocycles. The Hall–Kier alpha value is -1.03. The van der Waals surface area contributed by atoms with E-state index in [9.17, 15) is 4.79 Å². The summed E-state index contributed by atoms with van der Waals surface area (Å²) in [6.07, 6.45) is 3.29. The Labute approximate surface area is 110 Å². The normalized spacial score (nSPS) is 17.0. The van der Waals surface area contributed by atoms with E-state index in [4.69, 9.17) is 4.74 Å². The molecule has 1 aliphatic rings. The first-order chi connectivity index (χ1) is 8.24. The van der Waals surface area contributed by atoms with Crippen LogP contribution in [0.3, 0.4) is 0 Å². The number of rotatable bonds is 5. The number of halogens is 1. The SMILES string of the molecule is O=C(COc1ccccc1)NC1(CBr)CCC1. The summed E-state index contributed by atoms with van der Waals surface area (Å²) in [5, 5.41) is 3.86. The second-order valence-electron chi connectivity index (χ2n) is 4.42. The Morgan fingerprint density at radius 3 is 2.59 bits per heavy atom. The fourth-order valence-corrected chi connectivity index (χ4v) is 2.59. The predicted octanol–water partition coefficient (Wildman–Crippen LogP) is 2.50. The van der Waals surface area contributed by atoms with E-state index >= 15 is 0 Å². The third-order valence-electron chi connectivity index (χ3n) is 3.08. The van der Waals surface area contributed by atoms with Gasteiger partial charge in [0, 0.05) is 10.9 Å². The van der Waals surface area contributed by atoms with Crippen molar-refractivity contribution in [2.24, 2.45) is 0 Å². The number of alkyl halides is 1. The second kappa shape index (κ2) is 5.54. The minimum absolute atomic E-state index is 0.0306. The highest BCUT2D eigenvalue weighted by atomic mass is 79.9. The Morgan fingerprint density at radius 2 is 2.06 bits per heavy atom. The van der Waals surface area contributed by atoms with Crippen LogP contribution in [0.15, 0.2) is 30.3 Å². The predicted molar refractivity (Wildman–Crippen MR) is 70.5 cm³/mol. The van der Waals surface area contributed by atoms with Crippen LogP contribution < -0.4 is 10.1 Å². The number of para-hydroxylation sites is 1. The number of nitrogens with one attached hydrogen (secondary N) is 1. The van der Waals surface area contributed by atoms with E-state index in [0.717, 1.165) is 23.9 Å². The van der Waals surface area contributed by atoms with Gasteiger partial charge in [-0.25, -0.2) is 0 Å². The smallest absolute Gasteiger partial charge is 0.258 e. The van der Waals surface area contributed by atoms with Crippen molar-refractivity contribution in [3.05, 3.63) is 30.3 Å². The maximum atomic E-state index is 11.7. The minimum atomic E-state index is -0.0481. The van der Waals surface area contributed by atoms with Crippen LogP contribution in [0.4, 0.5) is 0 Å². The third kappa shape index (κ3) is 3.22. The summed E-state index contributed by atoms with van der Waals surface area (Å²) in [5.41, 5.74) is -0.0306. The zero-order valence-corrected chi connectivity index (χ0v) is 11.2. The molecule has 0 aromatic heterocycles. The van der Waals surface area contributed by atoms with Gasteiger partial charge in [-0.3, -0.25) is 4.79 Å². The molecule has 3 nitrogen and oxygen atoms in total. The minimum Gasteiger partial charge on any atom is -0.484 e. The Balaban J connectivity index is 1.78. The molecule has 1 aromatic carbocycles. The van der Waals surface area contributed by atoms with E-state index in [1.807, 2.05) is 30.3 Å². The topological polar surface area (TPSA) is 38.3 Å². The highest BCUT2D eigenvalue weighted by Crippen LogP contribution is 2.33. The monoisotopic (exact) mass is 297 g/mol. The van der Waals surface area contributed by atoms with Crippen LogP contribution in [-0.4, -0.2) is 23.4 Å². The fourth-order valence-electron chi connectivity index (χ4n) is 1.89. The van der Waals surface area contributed by atoms with Crippen molar-refractivity contribution >= 4 is 21.8 Å². The van der Waals surface area contributed by atoms with Gasteiger partial charge in [0.25, 0.3) is 5.91 Å². The lowest BCUT2D eigenvalue weighted by Crippen LogP contribution is -2.55. The number of benzene rings is 1. The molecule has 0 radical (unpaired) electrons. The molecule has 0 unspecified atom stereocenters. The third-order valence-corrected chi connectivity index (χ3v) is 4.16. The van der Waals surface area contributed by atoms with Crippen molar-refractivity contribution in [2.75, 3.05) is 11.9 Å². The van der Waals surface area contributed by atoms with Gasteiger partial charge in [-0.05, 0) is 31.4 Å². The van der Waals surface area contributed by atoms with E-state index < -0.39 is 0 Å². The summed E-state index contributed by atoms with van der Waals surface area (Å²) >= 11 is 3.45. The van der Waals surface area contributed by atoms with Gasteiger partial charge in [0.15, 0.2) is 6.61 Å². The molecule has 1 fully saturated rings. The lowest BCUT2D eigenvalue weighted by molar-refractivity contribution is -0.125. The van der Waals surface area contributed by atoms with Crippen molar-refractivity contribution in [1.82, 2.24) is 5.32 Å². The lowest BCUT2D eigenvalue weighted by Gasteiger charge is -2.41. The average Bonchev–Trinajstić information content (AvgIpc) is 2.33. The highest BCUT2D eigenvalue weighted by molar-refractivity contribution is 9.09. The molecular formula is C13H16BrNO2. The van der Waals surface area contributed by atoms with Crippen molar-refractivity contribution in [1.29, 1.82) is 0 Å². The summed E-state index contributed by atoms with van der Waals surface area (Å²) in [5.74, 6) is 0.678. The lowest BCUT2D eigenvalue weighted by atomic mass is 9.78. The van der Waals surface area contributed by atoms with Crippen LogP contribution in [0.25, 0.3) is 0 Å². The van der Waals surface area contributed by atoms with E-state index in [2.05, 4.69) is 21.2 Å². The molecule has 0 spiro atoms. The molecule has 1 aromatic rings. The number of amides is 1. The zero-order valence-electron chi connectivity index (χ0n) is 9.62. The maximum absolute atomic E-state index is 11.7. The van der Waals surface area contributed by atoms with Gasteiger partial charge in [0.05, 0.1) is 0 Å². The molecular weight excluding hydrogens is 282 g/mol. The standard InChI is InChI=1S/C13H16BrNO2/c14-10-13(7-4-8-13)15-12(16)9-17-11-5-2-1-3-6-11/h1-3,5-6H,4,7-10H2,(H,15,16). The van der Waals surface area contributed by atoms with Gasteiger partial charge < -0.3 is 10.1 Å². The number of carbonyl (C=O) groups excluding carboxylic acids is 1. The molecule has 1 saturated carbocycles. The summed E-state index contributed by atoms with van der Waals surface area (Å²) in [4.78, 5) is 11.7. The van der Waals surface area contributed by atoms with Crippen molar-refractivity contribution in [3.63, 3.8) is 0 Å². The van der Waals surface area contributed by atoms with Crippen LogP contribution in [-0.2, 0) is 4.79 Å². The zero-order chi connectivity index (χ0) is 12.1. The summed E-state index contributed by atoms with van der Waals surface area (Å²) in [7, 11) is 0. The Kier molecular flexibility index (Phi) is 4.05. The van der Waals surface area contributed by atoms with Crippen LogP contribution in [0, 0.1) is 0 Å². The molecule has 4 heteroatoms. The van der Waals surface area contributed by atoms with Crippen molar-refractivity contribution in [2.45, 2.75) is 24.8 Å². The molecule has 0 bridgehead atoms. The number of carbonyl (C=O) groups is 1. The first-order valence-electron chi connectivity index (χ1n) is 5.79. The van der Waals surface area contributed by atoms with Crippen LogP contribution in [0.5, 0.6) is 5.75 Å². The molecule has 1 N–H and O–H groups in total. The summed E-state index contributed by atoms with van der Waals surface area (Å²) in [6.45, 7) is 0.0821. The van der Waals surface area contributed by atoms with Crippen LogP contribution >= 0.6 is 15.9 Å². The first kappa shape index (κ1) is 12.4. The van der Waals surface area contributed by atoms with Crippen molar-refractivity contribution in [3.8, 4) is 5.75 Å². The molecule has 0 saturated heterocycles. The quantitative estimate of drug-likeness (QED) is 0.848. The van der Waals surface area contributed by atoms with E-state index in [0.29, 0.717) is 0 Å². The highest BCUT2D eigenvalue weighted by Gasteiger charge is 2.37. The summed E-state index contributed by atoms with van der Waals surface area (Å²) < 4.78 is 5.40. The summed E-state index contributed by atoms with van der Waals surface area (Å²) in [6, 6.07) is 9.38. The number of hydrogen-bond donors (Lipinski definition) is 1. The molecule has 92 valence electrons.